The van der Waals surface area contributed by atoms with Crippen molar-refractivity contribution < 1.29 is 0 Å². The summed E-state index contributed by atoms with van der Waals surface area (Å²) < 4.78 is 0. The zero-order valence-electron chi connectivity index (χ0n) is 8.29. The lowest BCUT2D eigenvalue weighted by Gasteiger charge is -2.17. The molecule has 2 rings (SSSR count). The van der Waals surface area contributed by atoms with Gasteiger partial charge in [0.1, 0.15) is 5.84 Å². The molecule has 1 aromatic rings. The highest BCUT2D eigenvalue weighted by molar-refractivity contribution is 7.98. The van der Waals surface area contributed by atoms with Gasteiger partial charge in [-0.15, -0.1) is 11.8 Å². The van der Waals surface area contributed by atoms with Crippen LogP contribution in [-0.4, -0.2) is 18.6 Å². The van der Waals surface area contributed by atoms with E-state index >= 15 is 0 Å². The lowest BCUT2D eigenvalue weighted by molar-refractivity contribution is 0.956. The van der Waals surface area contributed by atoms with Crippen molar-refractivity contribution in [1.82, 2.24) is 0 Å². The molecule has 1 saturated heterocycles. The molecule has 0 aromatic heterocycles. The van der Waals surface area contributed by atoms with Crippen molar-refractivity contribution in [3.05, 3.63) is 24.3 Å². The average molecular weight is 206 g/mol. The molecule has 0 amide bonds. The summed E-state index contributed by atoms with van der Waals surface area (Å²) in [6.45, 7) is 0.997. The van der Waals surface area contributed by atoms with Gasteiger partial charge in [0.05, 0.1) is 0 Å². The van der Waals surface area contributed by atoms with Crippen LogP contribution in [0.3, 0.4) is 0 Å². The summed E-state index contributed by atoms with van der Waals surface area (Å²) in [4.78, 5) is 3.36. The molecule has 1 aromatic carbocycles. The van der Waals surface area contributed by atoms with Gasteiger partial charge in [0, 0.05) is 23.5 Å². The molecule has 0 unspecified atom stereocenters. The van der Waals surface area contributed by atoms with E-state index in [2.05, 4.69) is 35.4 Å². The minimum absolute atomic E-state index is 0.752. The van der Waals surface area contributed by atoms with Crippen LogP contribution in [0.1, 0.15) is 12.8 Å². The van der Waals surface area contributed by atoms with E-state index in [1.54, 1.807) is 11.8 Å². The van der Waals surface area contributed by atoms with E-state index in [1.165, 1.54) is 4.90 Å². The summed E-state index contributed by atoms with van der Waals surface area (Å²) in [5.74, 6) is 0.752. The van der Waals surface area contributed by atoms with Crippen molar-refractivity contribution in [2.75, 3.05) is 17.7 Å². The summed E-state index contributed by atoms with van der Waals surface area (Å²) in [6, 6.07) is 8.44. The minimum Gasteiger partial charge on any atom is -0.330 e. The average Bonchev–Trinajstić information content (AvgIpc) is 2.65. The largest absolute Gasteiger partial charge is 0.330 e. The van der Waals surface area contributed by atoms with E-state index in [9.17, 15) is 0 Å². The van der Waals surface area contributed by atoms with Crippen LogP contribution in [-0.2, 0) is 0 Å². The third-order valence-corrected chi connectivity index (χ3v) is 3.25. The number of hydrogen-bond acceptors (Lipinski definition) is 2. The summed E-state index contributed by atoms with van der Waals surface area (Å²) in [7, 11) is 0. The first-order chi connectivity index (χ1) is 6.81. The number of rotatable bonds is 2. The molecule has 0 radical (unpaired) electrons. The highest BCUT2D eigenvalue weighted by atomic mass is 32.2. The van der Waals surface area contributed by atoms with Crippen LogP contribution in [0, 0.1) is 5.41 Å². The molecule has 1 heterocycles. The highest BCUT2D eigenvalue weighted by Gasteiger charge is 2.17. The number of benzene rings is 1. The molecule has 0 atom stereocenters. The lowest BCUT2D eigenvalue weighted by Crippen LogP contribution is -2.22. The maximum Gasteiger partial charge on any atom is 0.100 e. The van der Waals surface area contributed by atoms with Gasteiger partial charge >= 0.3 is 0 Å². The Morgan fingerprint density at radius 3 is 2.50 bits per heavy atom. The maximum atomic E-state index is 7.76. The third kappa shape index (κ3) is 1.77. The van der Waals surface area contributed by atoms with Crippen molar-refractivity contribution in [3.8, 4) is 0 Å². The van der Waals surface area contributed by atoms with E-state index in [0.717, 1.165) is 30.9 Å². The third-order valence-electron chi connectivity index (χ3n) is 2.51. The van der Waals surface area contributed by atoms with Gasteiger partial charge in [-0.05, 0) is 36.9 Å². The fraction of sp³-hybridized carbons (Fsp3) is 0.364. The van der Waals surface area contributed by atoms with Gasteiger partial charge in [-0.25, -0.2) is 0 Å². The van der Waals surface area contributed by atoms with Crippen LogP contribution in [0.25, 0.3) is 0 Å². The summed E-state index contributed by atoms with van der Waals surface area (Å²) in [5, 5.41) is 7.76. The van der Waals surface area contributed by atoms with E-state index in [4.69, 9.17) is 5.41 Å². The number of anilines is 1. The van der Waals surface area contributed by atoms with Crippen molar-refractivity contribution in [1.29, 1.82) is 5.41 Å². The molecule has 1 aliphatic rings. The Kier molecular flexibility index (Phi) is 2.77. The first-order valence-electron chi connectivity index (χ1n) is 4.80. The van der Waals surface area contributed by atoms with Gasteiger partial charge in [0.15, 0.2) is 0 Å². The van der Waals surface area contributed by atoms with Crippen LogP contribution < -0.4 is 4.90 Å². The SMILES string of the molecule is CSc1ccc(N2CCCC2=N)cc1. The van der Waals surface area contributed by atoms with Crippen molar-refractivity contribution in [2.45, 2.75) is 17.7 Å². The van der Waals surface area contributed by atoms with Gasteiger partial charge < -0.3 is 4.90 Å². The minimum atomic E-state index is 0.752. The topological polar surface area (TPSA) is 27.1 Å². The second kappa shape index (κ2) is 4.05. The van der Waals surface area contributed by atoms with Crippen LogP contribution in [0.15, 0.2) is 29.2 Å². The number of thioether (sulfide) groups is 1. The van der Waals surface area contributed by atoms with E-state index in [0.29, 0.717) is 0 Å². The molecule has 0 saturated carbocycles. The van der Waals surface area contributed by atoms with Crippen LogP contribution in [0.4, 0.5) is 5.69 Å². The molecule has 1 fully saturated rings. The Balaban J connectivity index is 2.20. The van der Waals surface area contributed by atoms with Crippen LogP contribution >= 0.6 is 11.8 Å². The zero-order chi connectivity index (χ0) is 9.97. The summed E-state index contributed by atoms with van der Waals surface area (Å²) in [5.41, 5.74) is 1.16. The first-order valence-corrected chi connectivity index (χ1v) is 6.03. The fourth-order valence-corrected chi connectivity index (χ4v) is 2.13. The first kappa shape index (κ1) is 9.59. The number of amidine groups is 1. The van der Waals surface area contributed by atoms with Gasteiger partial charge in [-0.3, -0.25) is 5.41 Å². The highest BCUT2D eigenvalue weighted by Crippen LogP contribution is 2.24. The van der Waals surface area contributed by atoms with Gasteiger partial charge in [0.2, 0.25) is 0 Å². The normalized spacial score (nSPS) is 16.4. The number of nitrogens with one attached hydrogen (secondary N) is 1. The summed E-state index contributed by atoms with van der Waals surface area (Å²) >= 11 is 1.75. The number of nitrogens with zero attached hydrogens (tertiary/aromatic N) is 1. The Hall–Kier alpha value is -0.960. The van der Waals surface area contributed by atoms with Gasteiger partial charge in [0.25, 0.3) is 0 Å². The zero-order valence-corrected chi connectivity index (χ0v) is 9.10. The molecular weight excluding hydrogens is 192 g/mol. The van der Waals surface area contributed by atoms with Crippen LogP contribution in [0.5, 0.6) is 0 Å². The molecule has 1 aliphatic heterocycles. The monoisotopic (exact) mass is 206 g/mol. The van der Waals surface area contributed by atoms with Crippen molar-refractivity contribution in [3.63, 3.8) is 0 Å². The molecule has 1 N–H and O–H groups in total. The van der Waals surface area contributed by atoms with Gasteiger partial charge in [-0.1, -0.05) is 0 Å². The molecule has 3 heteroatoms. The maximum absolute atomic E-state index is 7.76. The molecule has 0 aliphatic carbocycles. The quantitative estimate of drug-likeness (QED) is 0.753. The lowest BCUT2D eigenvalue weighted by atomic mass is 10.3. The van der Waals surface area contributed by atoms with Crippen molar-refractivity contribution >= 4 is 23.3 Å². The van der Waals surface area contributed by atoms with E-state index in [1.807, 2.05) is 0 Å². The molecule has 74 valence electrons. The van der Waals surface area contributed by atoms with Gasteiger partial charge in [-0.2, -0.15) is 0 Å². The van der Waals surface area contributed by atoms with Crippen molar-refractivity contribution in [2.24, 2.45) is 0 Å². The molecule has 0 spiro atoms. The van der Waals surface area contributed by atoms with E-state index < -0.39 is 0 Å². The Morgan fingerprint density at radius 2 is 2.00 bits per heavy atom. The molecule has 2 nitrogen and oxygen atoms in total. The van der Waals surface area contributed by atoms with E-state index in [-0.39, 0.29) is 0 Å². The molecule has 0 bridgehead atoms. The predicted molar refractivity (Wildman–Crippen MR) is 62.5 cm³/mol. The number of hydrogen-bond donors (Lipinski definition) is 1. The Bertz CT molecular complexity index is 332. The molecular formula is C11H14N2S. The smallest absolute Gasteiger partial charge is 0.100 e. The Labute approximate surface area is 88.8 Å². The fourth-order valence-electron chi connectivity index (χ4n) is 1.72. The second-order valence-electron chi connectivity index (χ2n) is 3.40. The predicted octanol–water partition coefficient (Wildman–Crippen LogP) is 2.99. The molecule has 14 heavy (non-hydrogen) atoms. The van der Waals surface area contributed by atoms with Crippen LogP contribution in [0.2, 0.25) is 0 Å². The summed E-state index contributed by atoms with van der Waals surface area (Å²) in [6.07, 6.45) is 4.11. The Morgan fingerprint density at radius 1 is 1.29 bits per heavy atom. The standard InChI is InChI=1S/C11H14N2S/c1-14-10-6-4-9(5-7-10)13-8-2-3-11(13)12/h4-7,12H,2-3,8H2,1H3. The second-order valence-corrected chi connectivity index (χ2v) is 4.28.